The Morgan fingerprint density at radius 1 is 0.200 bits per heavy atom. The smallest absolute Gasteiger partial charge is 0.00761 e. The van der Waals surface area contributed by atoms with E-state index in [1.165, 1.54) is 108 Å². The molecule has 288 valence electrons. The van der Waals surface area contributed by atoms with Gasteiger partial charge in [0.25, 0.3) is 0 Å². The fourth-order valence-corrected chi connectivity index (χ4v) is 8.69. The average molecular weight is 769 g/mol. The van der Waals surface area contributed by atoms with Crippen molar-refractivity contribution in [3.05, 3.63) is 241 Å². The van der Waals surface area contributed by atoms with Gasteiger partial charge in [-0.2, -0.15) is 0 Å². The first-order valence-electron chi connectivity index (χ1n) is 20.9. The Labute approximate surface area is 353 Å². The molecule has 0 aromatic heterocycles. The van der Waals surface area contributed by atoms with E-state index in [-0.39, 0.29) is 0 Å². The number of aryl methyl sites for hydroxylation is 4. The van der Waals surface area contributed by atoms with E-state index in [0.717, 1.165) is 0 Å². The maximum absolute atomic E-state index is 2.26. The van der Waals surface area contributed by atoms with Crippen molar-refractivity contribution in [2.24, 2.45) is 0 Å². The summed E-state index contributed by atoms with van der Waals surface area (Å²) in [7, 11) is 0. The summed E-state index contributed by atoms with van der Waals surface area (Å²) in [6, 6.07) is 78.0. The van der Waals surface area contributed by atoms with Crippen molar-refractivity contribution in [1.82, 2.24) is 0 Å². The first kappa shape index (κ1) is 38.2. The molecule has 0 aliphatic carbocycles. The second-order valence-corrected chi connectivity index (χ2v) is 15.9. The highest BCUT2D eigenvalue weighted by Gasteiger charge is 2.04. The van der Waals surface area contributed by atoms with E-state index in [4.69, 9.17) is 0 Å². The van der Waals surface area contributed by atoms with Gasteiger partial charge in [-0.25, -0.2) is 0 Å². The highest BCUT2D eigenvalue weighted by atomic mass is 14.1. The fraction of sp³-hybridized carbons (Fsp3) is 0.0667. The molecule has 0 heteroatoms. The van der Waals surface area contributed by atoms with E-state index < -0.39 is 0 Å². The third-order valence-corrected chi connectivity index (χ3v) is 11.8. The molecule has 0 unspecified atom stereocenters. The van der Waals surface area contributed by atoms with Crippen LogP contribution in [0.4, 0.5) is 0 Å². The third kappa shape index (κ3) is 7.81. The summed E-state index contributed by atoms with van der Waals surface area (Å²) in [5, 5.41) is 21.4. The second-order valence-electron chi connectivity index (χ2n) is 15.9. The average Bonchev–Trinajstić information content (AvgIpc) is 3.29. The van der Waals surface area contributed by atoms with Crippen LogP contribution in [0.1, 0.15) is 22.3 Å². The number of hydrogen-bond acceptors (Lipinski definition) is 0. The van der Waals surface area contributed by atoms with Gasteiger partial charge >= 0.3 is 0 Å². The monoisotopic (exact) mass is 768 g/mol. The Morgan fingerprint density at radius 2 is 0.567 bits per heavy atom. The van der Waals surface area contributed by atoms with E-state index in [0.29, 0.717) is 0 Å². The van der Waals surface area contributed by atoms with Crippen molar-refractivity contribution < 1.29 is 0 Å². The van der Waals surface area contributed by atoms with Crippen LogP contribution in [-0.4, -0.2) is 0 Å². The van der Waals surface area contributed by atoms with Crippen LogP contribution in [0.3, 0.4) is 0 Å². The van der Waals surface area contributed by atoms with Gasteiger partial charge in [-0.1, -0.05) is 230 Å². The predicted molar refractivity (Wildman–Crippen MR) is 265 cm³/mol. The summed E-state index contributed by atoms with van der Waals surface area (Å²) < 4.78 is 0. The Hall–Kier alpha value is -7.28. The van der Waals surface area contributed by atoms with Gasteiger partial charge in [0.2, 0.25) is 0 Å². The van der Waals surface area contributed by atoms with Gasteiger partial charge in [-0.05, 0) is 125 Å². The van der Waals surface area contributed by atoms with Crippen LogP contribution >= 0.6 is 0 Å². The van der Waals surface area contributed by atoms with Crippen molar-refractivity contribution >= 4 is 86.2 Å². The molecule has 0 aliphatic heterocycles. The Bertz CT molecular complexity index is 3420. The normalized spacial score (nSPS) is 11.0. The number of fused-ring (bicyclic) bond motifs is 12. The Balaban J connectivity index is 0.000000103. The molecule has 0 N–H and O–H groups in total. The van der Waals surface area contributed by atoms with Crippen LogP contribution in [0.15, 0.2) is 218 Å². The lowest BCUT2D eigenvalue weighted by molar-refractivity contribution is 1.51. The minimum atomic E-state index is 1.31. The second kappa shape index (κ2) is 16.9. The molecule has 0 bridgehead atoms. The molecule has 12 aromatic carbocycles. The first-order chi connectivity index (χ1) is 29.4. The van der Waals surface area contributed by atoms with Crippen molar-refractivity contribution in [3.63, 3.8) is 0 Å². The SMILES string of the molecule is Cc1ccc2c(ccc3ccccc32)c1.Cc1ccc2ccc3ccccc3c2c1.Cc1cccc2c1ccc1ccccc12.Cc1cccc2ccc3ccccc3c12. The quantitative estimate of drug-likeness (QED) is 0.135. The summed E-state index contributed by atoms with van der Waals surface area (Å²) in [4.78, 5) is 0. The molecule has 0 atom stereocenters. The van der Waals surface area contributed by atoms with E-state index in [9.17, 15) is 0 Å². The van der Waals surface area contributed by atoms with Crippen molar-refractivity contribution in [2.45, 2.75) is 27.7 Å². The highest BCUT2D eigenvalue weighted by molar-refractivity contribution is 6.11. The van der Waals surface area contributed by atoms with Crippen molar-refractivity contribution in [3.8, 4) is 0 Å². The van der Waals surface area contributed by atoms with Gasteiger partial charge in [0.15, 0.2) is 0 Å². The summed E-state index contributed by atoms with van der Waals surface area (Å²) in [5.74, 6) is 0. The molecule has 0 nitrogen and oxygen atoms in total. The standard InChI is InChI=1S/4C15H12/c1-11-5-4-7-13-10-9-12-6-2-3-8-14(12)15(11)13;1-11-5-4-8-15-13(11)10-9-12-6-2-3-7-14(12)15;1-11-6-9-15-13(10-11)8-7-12-4-2-3-5-14(12)15;1-11-6-7-13-9-8-12-4-2-3-5-14(12)15(13)10-11/h4*2-10H,1H3. The lowest BCUT2D eigenvalue weighted by atomic mass is 9.99. The van der Waals surface area contributed by atoms with Gasteiger partial charge in [-0.3, -0.25) is 0 Å². The van der Waals surface area contributed by atoms with Gasteiger partial charge in [0, 0.05) is 0 Å². The van der Waals surface area contributed by atoms with Crippen LogP contribution in [0, 0.1) is 27.7 Å². The zero-order chi connectivity index (χ0) is 41.0. The maximum atomic E-state index is 2.26. The fourth-order valence-electron chi connectivity index (χ4n) is 8.69. The predicted octanol–water partition coefficient (Wildman–Crippen LogP) is 17.2. The van der Waals surface area contributed by atoms with Crippen molar-refractivity contribution in [2.75, 3.05) is 0 Å². The molecule has 12 aromatic rings. The molecule has 0 radical (unpaired) electrons. The van der Waals surface area contributed by atoms with Gasteiger partial charge in [0.1, 0.15) is 0 Å². The number of benzene rings is 12. The molecular formula is C60H48. The van der Waals surface area contributed by atoms with Gasteiger partial charge in [0.05, 0.1) is 0 Å². The molecule has 0 heterocycles. The molecule has 0 aliphatic rings. The third-order valence-electron chi connectivity index (χ3n) is 11.8. The highest BCUT2D eigenvalue weighted by Crippen LogP contribution is 2.30. The van der Waals surface area contributed by atoms with E-state index in [1.54, 1.807) is 0 Å². The molecule has 12 rings (SSSR count). The van der Waals surface area contributed by atoms with Crippen LogP contribution in [0.5, 0.6) is 0 Å². The zero-order valence-corrected chi connectivity index (χ0v) is 34.8. The van der Waals surface area contributed by atoms with Crippen LogP contribution in [0.2, 0.25) is 0 Å². The Morgan fingerprint density at radius 3 is 1.23 bits per heavy atom. The molecular weight excluding hydrogens is 721 g/mol. The van der Waals surface area contributed by atoms with Crippen LogP contribution in [0.25, 0.3) is 86.2 Å². The molecule has 60 heavy (non-hydrogen) atoms. The molecule has 0 saturated carbocycles. The zero-order valence-electron chi connectivity index (χ0n) is 34.8. The summed E-state index contributed by atoms with van der Waals surface area (Å²) in [6.07, 6.45) is 0. The maximum Gasteiger partial charge on any atom is -0.00761 e. The lowest BCUT2D eigenvalue weighted by Gasteiger charge is -2.06. The minimum absolute atomic E-state index is 1.31. The van der Waals surface area contributed by atoms with E-state index in [2.05, 4.69) is 246 Å². The summed E-state index contributed by atoms with van der Waals surface area (Å²) in [6.45, 7) is 8.61. The van der Waals surface area contributed by atoms with Crippen LogP contribution in [-0.2, 0) is 0 Å². The van der Waals surface area contributed by atoms with Gasteiger partial charge in [-0.15, -0.1) is 0 Å². The number of hydrogen-bond donors (Lipinski definition) is 0. The van der Waals surface area contributed by atoms with Gasteiger partial charge < -0.3 is 0 Å². The summed E-state index contributed by atoms with van der Waals surface area (Å²) in [5.41, 5.74) is 5.33. The number of rotatable bonds is 0. The molecule has 0 saturated heterocycles. The first-order valence-corrected chi connectivity index (χ1v) is 20.9. The van der Waals surface area contributed by atoms with E-state index >= 15 is 0 Å². The van der Waals surface area contributed by atoms with E-state index in [1.807, 2.05) is 0 Å². The topological polar surface area (TPSA) is 0 Å². The molecule has 0 amide bonds. The van der Waals surface area contributed by atoms with Crippen LogP contribution < -0.4 is 0 Å². The lowest BCUT2D eigenvalue weighted by Crippen LogP contribution is -1.80. The van der Waals surface area contributed by atoms with Crippen molar-refractivity contribution in [1.29, 1.82) is 0 Å². The minimum Gasteiger partial charge on any atom is -0.0616 e. The molecule has 0 fully saturated rings. The Kier molecular flexibility index (Phi) is 10.8. The molecule has 0 spiro atoms. The largest absolute Gasteiger partial charge is 0.0616 e. The summed E-state index contributed by atoms with van der Waals surface area (Å²) >= 11 is 0.